The molecule has 30 heavy (non-hydrogen) atoms. The number of pyridine rings is 1. The molecule has 4 rings (SSSR count). The Hall–Kier alpha value is -3.67. The molecule has 6 nitrogen and oxygen atoms in total. The van der Waals surface area contributed by atoms with Gasteiger partial charge in [-0.1, -0.05) is 42.5 Å². The van der Waals surface area contributed by atoms with Crippen molar-refractivity contribution in [1.29, 1.82) is 0 Å². The van der Waals surface area contributed by atoms with E-state index in [4.69, 9.17) is 4.74 Å². The molecule has 1 N–H and O–H groups in total. The fourth-order valence-corrected chi connectivity index (χ4v) is 3.68. The van der Waals surface area contributed by atoms with Crippen molar-refractivity contribution in [3.63, 3.8) is 0 Å². The molecule has 0 aliphatic carbocycles. The van der Waals surface area contributed by atoms with Crippen LogP contribution < -0.4 is 4.74 Å². The van der Waals surface area contributed by atoms with Gasteiger partial charge in [-0.15, -0.1) is 0 Å². The molecule has 0 unspecified atom stereocenters. The smallest absolute Gasteiger partial charge is 0.336 e. The van der Waals surface area contributed by atoms with Crippen LogP contribution in [0.4, 0.5) is 0 Å². The first-order valence-electron chi connectivity index (χ1n) is 9.87. The van der Waals surface area contributed by atoms with E-state index in [-0.39, 0.29) is 5.56 Å². The average Bonchev–Trinajstić information content (AvgIpc) is 3.06. The Morgan fingerprint density at radius 1 is 1.07 bits per heavy atom. The molecule has 4 aromatic rings. The molecular weight excluding hydrogens is 378 g/mol. The number of nitrogens with zero attached hydrogens (tertiary/aromatic N) is 3. The van der Waals surface area contributed by atoms with Gasteiger partial charge in [0.25, 0.3) is 6.01 Å². The standard InChI is InChI=1S/C24H23N3O3/c1-4-30-24-26-21-15(2)12-16(3)25-22(21)27(24)14-17-10-11-19(20(13-17)23(28)29)18-8-6-5-7-9-18/h5-13H,4,14H2,1-3H3,(H,28,29). The molecule has 0 fully saturated rings. The molecule has 2 aromatic carbocycles. The number of ether oxygens (including phenoxy) is 1. The monoisotopic (exact) mass is 401 g/mol. The van der Waals surface area contributed by atoms with Crippen LogP contribution in [0.25, 0.3) is 22.3 Å². The van der Waals surface area contributed by atoms with Gasteiger partial charge >= 0.3 is 5.97 Å². The van der Waals surface area contributed by atoms with E-state index in [0.29, 0.717) is 24.7 Å². The van der Waals surface area contributed by atoms with Gasteiger partial charge in [-0.2, -0.15) is 4.98 Å². The zero-order valence-electron chi connectivity index (χ0n) is 17.2. The highest BCUT2D eigenvalue weighted by molar-refractivity contribution is 5.96. The third kappa shape index (κ3) is 3.64. The Bertz CT molecular complexity index is 1230. The van der Waals surface area contributed by atoms with Crippen LogP contribution in [0.1, 0.15) is 34.1 Å². The van der Waals surface area contributed by atoms with Crippen LogP contribution in [-0.2, 0) is 6.54 Å². The number of rotatable bonds is 6. The Morgan fingerprint density at radius 2 is 1.83 bits per heavy atom. The molecule has 0 aliphatic heterocycles. The number of aromatic carboxylic acids is 1. The van der Waals surface area contributed by atoms with Crippen molar-refractivity contribution in [2.24, 2.45) is 0 Å². The quantitative estimate of drug-likeness (QED) is 0.499. The molecule has 0 bridgehead atoms. The number of hydrogen-bond donors (Lipinski definition) is 1. The van der Waals surface area contributed by atoms with Crippen molar-refractivity contribution in [3.8, 4) is 17.1 Å². The van der Waals surface area contributed by atoms with Gasteiger partial charge < -0.3 is 9.84 Å². The predicted molar refractivity (Wildman–Crippen MR) is 116 cm³/mol. The summed E-state index contributed by atoms with van der Waals surface area (Å²) in [6.07, 6.45) is 0. The van der Waals surface area contributed by atoms with Gasteiger partial charge in [-0.3, -0.25) is 4.57 Å². The molecule has 0 atom stereocenters. The van der Waals surface area contributed by atoms with Gasteiger partial charge in [-0.25, -0.2) is 9.78 Å². The Balaban J connectivity index is 1.81. The summed E-state index contributed by atoms with van der Waals surface area (Å²) in [5.41, 5.74) is 6.13. The topological polar surface area (TPSA) is 77.2 Å². The van der Waals surface area contributed by atoms with Gasteiger partial charge in [-0.05, 0) is 55.2 Å². The molecule has 0 saturated heterocycles. The summed E-state index contributed by atoms with van der Waals surface area (Å²) in [6.45, 7) is 6.75. The van der Waals surface area contributed by atoms with Crippen LogP contribution in [0.15, 0.2) is 54.6 Å². The van der Waals surface area contributed by atoms with Crippen molar-refractivity contribution in [2.75, 3.05) is 6.61 Å². The van der Waals surface area contributed by atoms with Crippen LogP contribution in [0, 0.1) is 13.8 Å². The SMILES string of the molecule is CCOc1nc2c(C)cc(C)nc2n1Cc1ccc(-c2ccccc2)c(C(=O)O)c1. The van der Waals surface area contributed by atoms with E-state index in [1.165, 1.54) is 0 Å². The summed E-state index contributed by atoms with van der Waals surface area (Å²) in [4.78, 5) is 21.3. The first-order valence-corrected chi connectivity index (χ1v) is 9.87. The molecular formula is C24H23N3O3. The van der Waals surface area contributed by atoms with E-state index >= 15 is 0 Å². The minimum Gasteiger partial charge on any atom is -0.478 e. The molecule has 152 valence electrons. The lowest BCUT2D eigenvalue weighted by Gasteiger charge is -2.12. The van der Waals surface area contributed by atoms with Crippen molar-refractivity contribution >= 4 is 17.1 Å². The van der Waals surface area contributed by atoms with Gasteiger partial charge in [0, 0.05) is 5.69 Å². The van der Waals surface area contributed by atoms with E-state index in [0.717, 1.165) is 33.5 Å². The molecule has 2 heterocycles. The number of hydrogen-bond acceptors (Lipinski definition) is 4. The molecule has 0 aliphatic rings. The lowest BCUT2D eigenvalue weighted by atomic mass is 9.97. The second-order valence-electron chi connectivity index (χ2n) is 7.22. The first kappa shape index (κ1) is 19.6. The average molecular weight is 401 g/mol. The van der Waals surface area contributed by atoms with Crippen molar-refractivity contribution < 1.29 is 14.6 Å². The number of carboxylic acid groups (broad SMARTS) is 1. The Morgan fingerprint density at radius 3 is 2.53 bits per heavy atom. The van der Waals surface area contributed by atoms with Crippen LogP contribution >= 0.6 is 0 Å². The highest BCUT2D eigenvalue weighted by Gasteiger charge is 2.18. The van der Waals surface area contributed by atoms with E-state index < -0.39 is 5.97 Å². The van der Waals surface area contributed by atoms with Crippen LogP contribution in [0.5, 0.6) is 6.01 Å². The summed E-state index contributed by atoms with van der Waals surface area (Å²) in [6, 6.07) is 17.5. The van der Waals surface area contributed by atoms with E-state index in [9.17, 15) is 9.90 Å². The van der Waals surface area contributed by atoms with Gasteiger partial charge in [0.05, 0.1) is 18.7 Å². The Labute approximate surface area is 174 Å². The lowest BCUT2D eigenvalue weighted by molar-refractivity contribution is 0.0697. The van der Waals surface area contributed by atoms with Crippen molar-refractivity contribution in [3.05, 3.63) is 77.0 Å². The minimum atomic E-state index is -0.957. The van der Waals surface area contributed by atoms with E-state index in [1.807, 2.05) is 73.9 Å². The number of fused-ring (bicyclic) bond motifs is 1. The maximum absolute atomic E-state index is 12.0. The zero-order valence-corrected chi connectivity index (χ0v) is 17.2. The van der Waals surface area contributed by atoms with Crippen molar-refractivity contribution in [2.45, 2.75) is 27.3 Å². The molecule has 0 saturated carbocycles. The Kier molecular flexibility index (Phi) is 5.23. The summed E-state index contributed by atoms with van der Waals surface area (Å²) < 4.78 is 7.66. The molecule has 0 amide bonds. The highest BCUT2D eigenvalue weighted by Crippen LogP contribution is 2.28. The second kappa shape index (κ2) is 7.99. The number of carbonyl (C=O) groups is 1. The summed E-state index contributed by atoms with van der Waals surface area (Å²) in [7, 11) is 0. The summed E-state index contributed by atoms with van der Waals surface area (Å²) >= 11 is 0. The van der Waals surface area contributed by atoms with Crippen molar-refractivity contribution in [1.82, 2.24) is 14.5 Å². The predicted octanol–water partition coefficient (Wildman–Crippen LogP) is 4.86. The van der Waals surface area contributed by atoms with Crippen LogP contribution in [0.3, 0.4) is 0 Å². The highest BCUT2D eigenvalue weighted by atomic mass is 16.5. The lowest BCUT2D eigenvalue weighted by Crippen LogP contribution is -2.08. The number of carboxylic acids is 1. The molecule has 0 spiro atoms. The van der Waals surface area contributed by atoms with Gasteiger partial charge in [0.2, 0.25) is 0 Å². The normalized spacial score (nSPS) is 11.0. The van der Waals surface area contributed by atoms with Crippen LogP contribution in [-0.4, -0.2) is 32.2 Å². The second-order valence-corrected chi connectivity index (χ2v) is 7.22. The summed E-state index contributed by atoms with van der Waals surface area (Å²) in [5.74, 6) is -0.957. The number of aryl methyl sites for hydroxylation is 2. The van der Waals surface area contributed by atoms with E-state index in [1.54, 1.807) is 6.07 Å². The molecule has 0 radical (unpaired) electrons. The number of imidazole rings is 1. The minimum absolute atomic E-state index is 0.265. The third-order valence-corrected chi connectivity index (χ3v) is 5.00. The molecule has 6 heteroatoms. The van der Waals surface area contributed by atoms with Gasteiger partial charge in [0.15, 0.2) is 5.65 Å². The fraction of sp³-hybridized carbons (Fsp3) is 0.208. The number of benzene rings is 2. The number of aromatic nitrogens is 3. The van der Waals surface area contributed by atoms with Gasteiger partial charge in [0.1, 0.15) is 5.52 Å². The molecule has 2 aromatic heterocycles. The summed E-state index contributed by atoms with van der Waals surface area (Å²) in [5, 5.41) is 9.80. The maximum atomic E-state index is 12.0. The van der Waals surface area contributed by atoms with Crippen LogP contribution in [0.2, 0.25) is 0 Å². The third-order valence-electron chi connectivity index (χ3n) is 5.00. The maximum Gasteiger partial charge on any atom is 0.336 e. The fourth-order valence-electron chi connectivity index (χ4n) is 3.68. The zero-order chi connectivity index (χ0) is 21.3. The van der Waals surface area contributed by atoms with E-state index in [2.05, 4.69) is 9.97 Å². The largest absolute Gasteiger partial charge is 0.478 e. The first-order chi connectivity index (χ1) is 14.5.